The van der Waals surface area contributed by atoms with Crippen LogP contribution in [0.25, 0.3) is 6.08 Å². The normalized spacial score (nSPS) is 16.6. The SMILES string of the molecule is Cc1ccc(N=C2S/C(=C/c3ccc(C(C)C)cc3)C(=O)N2Cc2ccccc2)cc1. The van der Waals surface area contributed by atoms with Crippen LogP contribution < -0.4 is 0 Å². The van der Waals surface area contributed by atoms with Crippen LogP contribution in [0.15, 0.2) is 88.8 Å². The Balaban J connectivity index is 1.66. The highest BCUT2D eigenvalue weighted by Crippen LogP contribution is 2.35. The average molecular weight is 427 g/mol. The Hall–Kier alpha value is -3.11. The predicted octanol–water partition coefficient (Wildman–Crippen LogP) is 6.92. The van der Waals surface area contributed by atoms with Crippen LogP contribution >= 0.6 is 11.8 Å². The predicted molar refractivity (Wildman–Crippen MR) is 131 cm³/mol. The van der Waals surface area contributed by atoms with Crippen LogP contribution in [0.2, 0.25) is 0 Å². The van der Waals surface area contributed by atoms with E-state index < -0.39 is 0 Å². The molecule has 3 aromatic rings. The zero-order chi connectivity index (χ0) is 21.8. The molecule has 0 spiro atoms. The van der Waals surface area contributed by atoms with Crippen LogP contribution in [0.3, 0.4) is 0 Å². The van der Waals surface area contributed by atoms with Crippen LogP contribution in [0.1, 0.15) is 42.0 Å². The van der Waals surface area contributed by atoms with Crippen molar-refractivity contribution in [2.75, 3.05) is 0 Å². The second-order valence-corrected chi connectivity index (χ2v) is 9.05. The molecule has 1 aliphatic heterocycles. The molecule has 4 rings (SSSR count). The van der Waals surface area contributed by atoms with Crippen LogP contribution in [0, 0.1) is 6.92 Å². The molecule has 1 fully saturated rings. The van der Waals surface area contributed by atoms with E-state index in [0.717, 1.165) is 16.8 Å². The number of hydrogen-bond donors (Lipinski definition) is 0. The van der Waals surface area contributed by atoms with Crippen LogP contribution in [-0.4, -0.2) is 16.0 Å². The third-order valence-electron chi connectivity index (χ3n) is 5.23. The number of hydrogen-bond acceptors (Lipinski definition) is 3. The van der Waals surface area contributed by atoms with E-state index >= 15 is 0 Å². The van der Waals surface area contributed by atoms with E-state index in [4.69, 9.17) is 4.99 Å². The molecule has 0 saturated carbocycles. The van der Waals surface area contributed by atoms with Gasteiger partial charge in [0.1, 0.15) is 0 Å². The first-order valence-corrected chi connectivity index (χ1v) is 11.3. The van der Waals surface area contributed by atoms with Gasteiger partial charge in [0.2, 0.25) is 0 Å². The van der Waals surface area contributed by atoms with Crippen molar-refractivity contribution in [3.8, 4) is 0 Å². The van der Waals surface area contributed by atoms with Gasteiger partial charge in [0.05, 0.1) is 17.1 Å². The molecule has 1 aliphatic rings. The van der Waals surface area contributed by atoms with E-state index in [1.165, 1.54) is 22.9 Å². The molecule has 156 valence electrons. The van der Waals surface area contributed by atoms with E-state index in [0.29, 0.717) is 22.5 Å². The maximum atomic E-state index is 13.3. The Kier molecular flexibility index (Phi) is 6.38. The Morgan fingerprint density at radius 3 is 2.26 bits per heavy atom. The molecule has 31 heavy (non-hydrogen) atoms. The summed E-state index contributed by atoms with van der Waals surface area (Å²) < 4.78 is 0. The molecule has 3 nitrogen and oxygen atoms in total. The monoisotopic (exact) mass is 426 g/mol. The average Bonchev–Trinajstić information content (AvgIpc) is 3.05. The minimum atomic E-state index is -0.00680. The quantitative estimate of drug-likeness (QED) is 0.415. The Labute approximate surface area is 188 Å². The number of aliphatic imine (C=N–C) groups is 1. The molecule has 4 heteroatoms. The van der Waals surface area contributed by atoms with Gasteiger partial charge in [-0.3, -0.25) is 9.69 Å². The minimum absolute atomic E-state index is 0.00680. The lowest BCUT2D eigenvalue weighted by atomic mass is 10.0. The summed E-state index contributed by atoms with van der Waals surface area (Å²) in [5.74, 6) is 0.478. The fourth-order valence-corrected chi connectivity index (χ4v) is 4.35. The standard InChI is InChI=1S/C27H26N2OS/c1-19(2)23-13-11-21(12-14-23)17-25-26(30)29(18-22-7-5-4-6-8-22)27(31-25)28-24-15-9-20(3)10-16-24/h4-17,19H,18H2,1-3H3/b25-17+,28-27?. The highest BCUT2D eigenvalue weighted by atomic mass is 32.2. The number of nitrogens with zero attached hydrogens (tertiary/aromatic N) is 2. The largest absolute Gasteiger partial charge is 0.282 e. The third kappa shape index (κ3) is 5.15. The summed E-state index contributed by atoms with van der Waals surface area (Å²) in [4.78, 5) is 20.6. The zero-order valence-corrected chi connectivity index (χ0v) is 18.9. The summed E-state index contributed by atoms with van der Waals surface area (Å²) in [6, 6.07) is 26.5. The van der Waals surface area contributed by atoms with Gasteiger partial charge in [0, 0.05) is 0 Å². The molecule has 1 amide bonds. The van der Waals surface area contributed by atoms with Gasteiger partial charge >= 0.3 is 0 Å². The topological polar surface area (TPSA) is 32.7 Å². The van der Waals surface area contributed by atoms with Gasteiger partial charge in [-0.15, -0.1) is 0 Å². The fourth-order valence-electron chi connectivity index (χ4n) is 3.36. The Morgan fingerprint density at radius 1 is 0.935 bits per heavy atom. The molecular formula is C27H26N2OS. The summed E-state index contributed by atoms with van der Waals surface area (Å²) >= 11 is 1.44. The van der Waals surface area contributed by atoms with Gasteiger partial charge < -0.3 is 0 Å². The molecular weight excluding hydrogens is 400 g/mol. The number of amidine groups is 1. The highest BCUT2D eigenvalue weighted by molar-refractivity contribution is 8.18. The van der Waals surface area contributed by atoms with Crippen LogP contribution in [-0.2, 0) is 11.3 Å². The second kappa shape index (κ2) is 9.36. The van der Waals surface area contributed by atoms with E-state index in [-0.39, 0.29) is 5.91 Å². The second-order valence-electron chi connectivity index (χ2n) is 8.04. The first-order valence-electron chi connectivity index (χ1n) is 10.5. The van der Waals surface area contributed by atoms with E-state index in [2.05, 4.69) is 45.0 Å². The minimum Gasteiger partial charge on any atom is -0.282 e. The van der Waals surface area contributed by atoms with Crippen molar-refractivity contribution in [3.05, 3.63) is 106 Å². The van der Waals surface area contributed by atoms with Crippen molar-refractivity contribution in [2.24, 2.45) is 4.99 Å². The molecule has 1 saturated heterocycles. The lowest BCUT2D eigenvalue weighted by Crippen LogP contribution is -2.28. The van der Waals surface area contributed by atoms with Crippen LogP contribution in [0.4, 0.5) is 5.69 Å². The highest BCUT2D eigenvalue weighted by Gasteiger charge is 2.33. The number of amides is 1. The van der Waals surface area contributed by atoms with Crippen LogP contribution in [0.5, 0.6) is 0 Å². The first kappa shape index (κ1) is 21.1. The maximum absolute atomic E-state index is 13.3. The van der Waals surface area contributed by atoms with Crippen molar-refractivity contribution < 1.29 is 4.79 Å². The lowest BCUT2D eigenvalue weighted by molar-refractivity contribution is -0.122. The Bertz CT molecular complexity index is 1110. The van der Waals surface area contributed by atoms with Gasteiger partial charge in [0.25, 0.3) is 5.91 Å². The van der Waals surface area contributed by atoms with E-state index in [9.17, 15) is 4.79 Å². The van der Waals surface area contributed by atoms with Crippen molar-refractivity contribution in [3.63, 3.8) is 0 Å². The summed E-state index contributed by atoms with van der Waals surface area (Å²) in [6.45, 7) is 6.91. The summed E-state index contributed by atoms with van der Waals surface area (Å²) in [6.07, 6.45) is 1.97. The molecule has 0 atom stereocenters. The molecule has 3 aromatic carbocycles. The molecule has 0 bridgehead atoms. The van der Waals surface area contributed by atoms with Gasteiger partial charge in [-0.25, -0.2) is 4.99 Å². The number of thioether (sulfide) groups is 1. The van der Waals surface area contributed by atoms with Crippen molar-refractivity contribution >= 4 is 34.6 Å². The lowest BCUT2D eigenvalue weighted by Gasteiger charge is -2.15. The van der Waals surface area contributed by atoms with Crippen molar-refractivity contribution in [1.82, 2.24) is 4.90 Å². The molecule has 0 radical (unpaired) electrons. The number of benzene rings is 3. The van der Waals surface area contributed by atoms with Crippen molar-refractivity contribution in [2.45, 2.75) is 33.2 Å². The van der Waals surface area contributed by atoms with Crippen molar-refractivity contribution in [1.29, 1.82) is 0 Å². The molecule has 1 heterocycles. The molecule has 0 aliphatic carbocycles. The number of rotatable bonds is 5. The smallest absolute Gasteiger partial charge is 0.267 e. The molecule has 0 N–H and O–H groups in total. The third-order valence-corrected chi connectivity index (χ3v) is 6.24. The van der Waals surface area contributed by atoms with Gasteiger partial charge in [0.15, 0.2) is 5.17 Å². The number of carbonyl (C=O) groups is 1. The maximum Gasteiger partial charge on any atom is 0.267 e. The van der Waals surface area contributed by atoms with Gasteiger partial charge in [-0.05, 0) is 59.5 Å². The summed E-state index contributed by atoms with van der Waals surface area (Å²) in [5, 5.41) is 0.711. The molecule has 0 aromatic heterocycles. The van der Waals surface area contributed by atoms with E-state index in [1.54, 1.807) is 4.90 Å². The van der Waals surface area contributed by atoms with Gasteiger partial charge in [-0.2, -0.15) is 0 Å². The summed E-state index contributed by atoms with van der Waals surface area (Å²) in [5.41, 5.74) is 5.43. The van der Waals surface area contributed by atoms with E-state index in [1.807, 2.05) is 60.7 Å². The Morgan fingerprint density at radius 2 is 1.61 bits per heavy atom. The number of carbonyl (C=O) groups excluding carboxylic acids is 1. The number of aryl methyl sites for hydroxylation is 1. The summed E-state index contributed by atoms with van der Waals surface area (Å²) in [7, 11) is 0. The van der Waals surface area contributed by atoms with Gasteiger partial charge in [-0.1, -0.05) is 86.1 Å². The fraction of sp³-hybridized carbons (Fsp3) is 0.185. The molecule has 0 unspecified atom stereocenters. The zero-order valence-electron chi connectivity index (χ0n) is 18.1. The first-order chi connectivity index (χ1) is 15.0.